The summed E-state index contributed by atoms with van der Waals surface area (Å²) in [6, 6.07) is 1.89. The molecule has 0 aliphatic carbocycles. The van der Waals surface area contributed by atoms with E-state index in [4.69, 9.17) is 0 Å². The minimum atomic E-state index is -0.522. The lowest BCUT2D eigenvalue weighted by atomic mass is 9.96. The highest BCUT2D eigenvalue weighted by atomic mass is 32.1. The van der Waals surface area contributed by atoms with Gasteiger partial charge in [0.15, 0.2) is 5.13 Å². The molecule has 0 unspecified atom stereocenters. The Morgan fingerprint density at radius 1 is 1.25 bits per heavy atom. The third-order valence-electron chi connectivity index (χ3n) is 4.50. The Kier molecular flexibility index (Phi) is 4.93. The average Bonchev–Trinajstić information content (AvgIpc) is 3.40. The van der Waals surface area contributed by atoms with E-state index in [9.17, 15) is 14.9 Å². The van der Waals surface area contributed by atoms with E-state index in [1.165, 1.54) is 6.33 Å². The first-order valence-corrected chi connectivity index (χ1v) is 9.38. The second-order valence-corrected chi connectivity index (χ2v) is 7.22. The van der Waals surface area contributed by atoms with Gasteiger partial charge in [0, 0.05) is 37.5 Å². The van der Waals surface area contributed by atoms with Crippen molar-refractivity contribution in [3.05, 3.63) is 47.4 Å². The SMILES string of the molecule is O=C(Nc1ncc([N+](=O)[O-])s1)C1CCN(c2cc(-n3ccnc3)ncn2)CC1. The first-order valence-electron chi connectivity index (χ1n) is 8.56. The van der Waals surface area contributed by atoms with Gasteiger partial charge in [-0.15, -0.1) is 0 Å². The molecule has 0 saturated carbocycles. The van der Waals surface area contributed by atoms with Crippen LogP contribution in [0.15, 0.2) is 37.3 Å². The van der Waals surface area contributed by atoms with Crippen LogP contribution in [0.1, 0.15) is 12.8 Å². The number of carbonyl (C=O) groups excluding carboxylic acids is 1. The molecule has 0 radical (unpaired) electrons. The number of rotatable bonds is 5. The maximum atomic E-state index is 12.4. The summed E-state index contributed by atoms with van der Waals surface area (Å²) >= 11 is 0.854. The number of anilines is 2. The van der Waals surface area contributed by atoms with Gasteiger partial charge in [-0.05, 0) is 24.2 Å². The van der Waals surface area contributed by atoms with Gasteiger partial charge in [0.25, 0.3) is 0 Å². The van der Waals surface area contributed by atoms with E-state index in [1.54, 1.807) is 17.1 Å². The maximum absolute atomic E-state index is 12.4. The van der Waals surface area contributed by atoms with Crippen molar-refractivity contribution in [2.45, 2.75) is 12.8 Å². The predicted octanol–water partition coefficient (Wildman–Crippen LogP) is 1.88. The van der Waals surface area contributed by atoms with E-state index in [2.05, 4.69) is 30.2 Å². The topological polar surface area (TPSA) is 132 Å². The van der Waals surface area contributed by atoms with Gasteiger partial charge < -0.3 is 10.2 Å². The van der Waals surface area contributed by atoms with Crippen molar-refractivity contribution < 1.29 is 9.72 Å². The van der Waals surface area contributed by atoms with Crippen LogP contribution in [0.2, 0.25) is 0 Å². The number of carbonyl (C=O) groups is 1. The summed E-state index contributed by atoms with van der Waals surface area (Å²) in [5.41, 5.74) is 0. The van der Waals surface area contributed by atoms with E-state index >= 15 is 0 Å². The van der Waals surface area contributed by atoms with E-state index in [0.717, 1.165) is 29.2 Å². The molecule has 11 nitrogen and oxygen atoms in total. The fraction of sp³-hybridized carbons (Fsp3) is 0.312. The molecule has 0 atom stereocenters. The second-order valence-electron chi connectivity index (χ2n) is 6.22. The van der Waals surface area contributed by atoms with E-state index in [-0.39, 0.29) is 22.0 Å². The number of amides is 1. The van der Waals surface area contributed by atoms with Crippen molar-refractivity contribution in [2.75, 3.05) is 23.3 Å². The Balaban J connectivity index is 1.36. The number of nitrogens with one attached hydrogen (secondary N) is 1. The predicted molar refractivity (Wildman–Crippen MR) is 101 cm³/mol. The van der Waals surface area contributed by atoms with E-state index in [1.807, 2.05) is 12.3 Å². The molecule has 0 bridgehead atoms. The van der Waals surface area contributed by atoms with Gasteiger partial charge in [0.1, 0.15) is 30.5 Å². The normalized spacial score (nSPS) is 14.8. The zero-order valence-corrected chi connectivity index (χ0v) is 15.4. The molecule has 3 aromatic rings. The first-order chi connectivity index (χ1) is 13.6. The molecule has 4 heterocycles. The number of nitrogens with zero attached hydrogens (tertiary/aromatic N) is 7. The van der Waals surface area contributed by atoms with Crippen LogP contribution in [0.4, 0.5) is 16.0 Å². The molecule has 144 valence electrons. The van der Waals surface area contributed by atoms with Crippen LogP contribution in [0.25, 0.3) is 5.82 Å². The lowest BCUT2D eigenvalue weighted by Gasteiger charge is -2.32. The fourth-order valence-electron chi connectivity index (χ4n) is 3.03. The van der Waals surface area contributed by atoms with Crippen molar-refractivity contribution in [1.82, 2.24) is 24.5 Å². The molecular weight excluding hydrogens is 384 g/mol. The van der Waals surface area contributed by atoms with Crippen LogP contribution in [0, 0.1) is 16.0 Å². The lowest BCUT2D eigenvalue weighted by molar-refractivity contribution is -0.380. The molecule has 3 aromatic heterocycles. The summed E-state index contributed by atoms with van der Waals surface area (Å²) in [4.78, 5) is 41.2. The molecule has 1 amide bonds. The summed E-state index contributed by atoms with van der Waals surface area (Å²) in [5, 5.41) is 13.5. The average molecular weight is 400 g/mol. The zero-order chi connectivity index (χ0) is 19.5. The van der Waals surface area contributed by atoms with Crippen LogP contribution in [-0.2, 0) is 4.79 Å². The van der Waals surface area contributed by atoms with E-state index in [0.29, 0.717) is 25.9 Å². The monoisotopic (exact) mass is 400 g/mol. The lowest BCUT2D eigenvalue weighted by Crippen LogP contribution is -2.38. The maximum Gasteiger partial charge on any atom is 0.345 e. The van der Waals surface area contributed by atoms with Crippen molar-refractivity contribution in [3.8, 4) is 5.82 Å². The highest BCUT2D eigenvalue weighted by molar-refractivity contribution is 7.18. The van der Waals surface area contributed by atoms with Gasteiger partial charge in [0.05, 0.1) is 4.92 Å². The van der Waals surface area contributed by atoms with E-state index < -0.39 is 4.92 Å². The third-order valence-corrected chi connectivity index (χ3v) is 5.36. The Hall–Kier alpha value is -3.41. The largest absolute Gasteiger partial charge is 0.356 e. The number of hydrogen-bond donors (Lipinski definition) is 1. The molecule has 1 N–H and O–H groups in total. The number of aromatic nitrogens is 5. The molecule has 1 fully saturated rings. The summed E-state index contributed by atoms with van der Waals surface area (Å²) in [6.07, 6.45) is 9.14. The van der Waals surface area contributed by atoms with Gasteiger partial charge in [-0.3, -0.25) is 19.5 Å². The Morgan fingerprint density at radius 3 is 2.71 bits per heavy atom. The van der Waals surface area contributed by atoms with Gasteiger partial charge in [-0.1, -0.05) is 0 Å². The van der Waals surface area contributed by atoms with Crippen molar-refractivity contribution in [3.63, 3.8) is 0 Å². The first kappa shape index (κ1) is 18.0. The van der Waals surface area contributed by atoms with Crippen LogP contribution < -0.4 is 10.2 Å². The van der Waals surface area contributed by atoms with Gasteiger partial charge in [-0.2, -0.15) is 0 Å². The third kappa shape index (κ3) is 3.81. The second kappa shape index (κ2) is 7.68. The molecule has 1 aliphatic rings. The van der Waals surface area contributed by atoms with Crippen molar-refractivity contribution in [1.29, 1.82) is 0 Å². The van der Waals surface area contributed by atoms with Crippen molar-refractivity contribution >= 4 is 33.2 Å². The molecule has 28 heavy (non-hydrogen) atoms. The highest BCUT2D eigenvalue weighted by Gasteiger charge is 2.27. The van der Waals surface area contributed by atoms with Crippen LogP contribution >= 0.6 is 11.3 Å². The molecule has 4 rings (SSSR count). The minimum Gasteiger partial charge on any atom is -0.356 e. The molecular formula is C16H16N8O3S. The smallest absolute Gasteiger partial charge is 0.345 e. The quantitative estimate of drug-likeness (QED) is 0.507. The van der Waals surface area contributed by atoms with Crippen LogP contribution in [0.5, 0.6) is 0 Å². The Labute approximate surface area is 163 Å². The Morgan fingerprint density at radius 2 is 2.04 bits per heavy atom. The number of imidazole rings is 1. The van der Waals surface area contributed by atoms with Crippen LogP contribution in [0.3, 0.4) is 0 Å². The highest BCUT2D eigenvalue weighted by Crippen LogP contribution is 2.27. The zero-order valence-electron chi connectivity index (χ0n) is 14.6. The number of piperidine rings is 1. The summed E-state index contributed by atoms with van der Waals surface area (Å²) in [6.45, 7) is 1.35. The summed E-state index contributed by atoms with van der Waals surface area (Å²) in [7, 11) is 0. The number of hydrogen-bond acceptors (Lipinski definition) is 9. The minimum absolute atomic E-state index is 0.0948. The number of nitro groups is 1. The van der Waals surface area contributed by atoms with Crippen molar-refractivity contribution in [2.24, 2.45) is 5.92 Å². The standard InChI is InChI=1S/C16H16N8O3S/c25-15(21-16-18-8-14(28-16)24(26)27)11-1-4-22(5-2-11)12-7-13(20-9-19-12)23-6-3-17-10-23/h3,6-11H,1-2,4-5H2,(H,18,21,25). The molecule has 0 aromatic carbocycles. The summed E-state index contributed by atoms with van der Waals surface area (Å²) < 4.78 is 1.80. The number of thiazole rings is 1. The Bertz CT molecular complexity index is 981. The van der Waals surface area contributed by atoms with Crippen LogP contribution in [-0.4, -0.2) is 48.4 Å². The molecule has 1 saturated heterocycles. The molecule has 0 spiro atoms. The molecule has 1 aliphatic heterocycles. The fourth-order valence-corrected chi connectivity index (χ4v) is 3.67. The van der Waals surface area contributed by atoms with Gasteiger partial charge >= 0.3 is 5.00 Å². The summed E-state index contributed by atoms with van der Waals surface area (Å²) in [5.74, 6) is 1.20. The molecule has 12 heteroatoms. The van der Waals surface area contributed by atoms with Gasteiger partial charge in [0.2, 0.25) is 5.91 Å². The van der Waals surface area contributed by atoms with Gasteiger partial charge in [-0.25, -0.2) is 19.9 Å².